The minimum atomic E-state index is 0.844. The zero-order chi connectivity index (χ0) is 8.67. The van der Waals surface area contributed by atoms with Gasteiger partial charge in [-0.15, -0.1) is 0 Å². The van der Waals surface area contributed by atoms with Crippen LogP contribution in [0, 0.1) is 0 Å². The molecular formula is C11H13NO. The molecule has 2 heteroatoms. The first-order valence-electron chi connectivity index (χ1n) is 4.95. The van der Waals surface area contributed by atoms with Gasteiger partial charge in [-0.25, -0.2) is 0 Å². The van der Waals surface area contributed by atoms with Crippen LogP contribution in [0.25, 0.3) is 0 Å². The molecule has 0 unspecified atom stereocenters. The molecule has 2 heterocycles. The molecule has 0 amide bonds. The van der Waals surface area contributed by atoms with Gasteiger partial charge in [-0.3, -0.25) is 0 Å². The van der Waals surface area contributed by atoms with Crippen molar-refractivity contribution in [2.75, 3.05) is 24.6 Å². The van der Waals surface area contributed by atoms with Gasteiger partial charge in [0.1, 0.15) is 12.4 Å². The standard InChI is InChI=1S/C11H13NO/c1-3-9-4-2-6-12-7-8-13-10(5-1)11(9)12/h1,3,5H,2,4,6-8H2. The maximum absolute atomic E-state index is 5.63. The molecule has 3 rings (SSSR count). The molecule has 0 aliphatic carbocycles. The largest absolute Gasteiger partial charge is 0.490 e. The number of hydrogen-bond donors (Lipinski definition) is 0. The van der Waals surface area contributed by atoms with E-state index in [9.17, 15) is 0 Å². The topological polar surface area (TPSA) is 12.5 Å². The molecule has 0 saturated carbocycles. The van der Waals surface area contributed by atoms with Gasteiger partial charge in [0.2, 0.25) is 0 Å². The summed E-state index contributed by atoms with van der Waals surface area (Å²) in [5.41, 5.74) is 2.82. The second-order valence-corrected chi connectivity index (χ2v) is 3.70. The molecular weight excluding hydrogens is 162 g/mol. The summed E-state index contributed by atoms with van der Waals surface area (Å²) in [6, 6.07) is 6.40. The van der Waals surface area contributed by atoms with Crippen molar-refractivity contribution in [2.24, 2.45) is 0 Å². The SMILES string of the molecule is c1cc2c3c(c1)OCCN3CCC2. The van der Waals surface area contributed by atoms with Crippen molar-refractivity contribution in [1.82, 2.24) is 0 Å². The fourth-order valence-corrected chi connectivity index (χ4v) is 2.31. The lowest BCUT2D eigenvalue weighted by atomic mass is 10.0. The fraction of sp³-hybridized carbons (Fsp3) is 0.455. The lowest BCUT2D eigenvalue weighted by molar-refractivity contribution is 0.304. The van der Waals surface area contributed by atoms with Crippen LogP contribution in [-0.2, 0) is 6.42 Å². The van der Waals surface area contributed by atoms with E-state index in [4.69, 9.17) is 4.74 Å². The van der Waals surface area contributed by atoms with E-state index in [0.717, 1.165) is 18.9 Å². The second kappa shape index (κ2) is 2.66. The smallest absolute Gasteiger partial charge is 0.142 e. The van der Waals surface area contributed by atoms with Crippen LogP contribution in [-0.4, -0.2) is 19.7 Å². The molecule has 13 heavy (non-hydrogen) atoms. The van der Waals surface area contributed by atoms with Crippen molar-refractivity contribution in [2.45, 2.75) is 12.8 Å². The van der Waals surface area contributed by atoms with Gasteiger partial charge in [-0.05, 0) is 24.5 Å². The van der Waals surface area contributed by atoms with Crippen LogP contribution in [0.5, 0.6) is 5.75 Å². The highest BCUT2D eigenvalue weighted by molar-refractivity contribution is 5.66. The molecule has 0 radical (unpaired) electrons. The highest BCUT2D eigenvalue weighted by Crippen LogP contribution is 2.37. The summed E-state index contributed by atoms with van der Waals surface area (Å²) < 4.78 is 5.63. The average Bonchev–Trinajstić information content (AvgIpc) is 2.19. The molecule has 0 atom stereocenters. The predicted molar refractivity (Wildman–Crippen MR) is 52.5 cm³/mol. The number of para-hydroxylation sites is 1. The van der Waals surface area contributed by atoms with Crippen LogP contribution in [0.1, 0.15) is 12.0 Å². The van der Waals surface area contributed by atoms with Crippen LogP contribution in [0.3, 0.4) is 0 Å². The molecule has 0 aromatic heterocycles. The van der Waals surface area contributed by atoms with Crippen molar-refractivity contribution in [1.29, 1.82) is 0 Å². The molecule has 2 aliphatic rings. The summed E-state index contributed by atoms with van der Waals surface area (Å²) in [5, 5.41) is 0. The van der Waals surface area contributed by atoms with Crippen molar-refractivity contribution in [3.8, 4) is 5.75 Å². The lowest BCUT2D eigenvalue weighted by Gasteiger charge is -2.36. The summed E-state index contributed by atoms with van der Waals surface area (Å²) in [7, 11) is 0. The van der Waals surface area contributed by atoms with Crippen LogP contribution in [0.15, 0.2) is 18.2 Å². The first kappa shape index (κ1) is 7.25. The number of benzene rings is 1. The van der Waals surface area contributed by atoms with Crippen molar-refractivity contribution >= 4 is 5.69 Å². The second-order valence-electron chi connectivity index (χ2n) is 3.70. The van der Waals surface area contributed by atoms with Gasteiger partial charge in [-0.2, -0.15) is 0 Å². The quantitative estimate of drug-likeness (QED) is 0.596. The van der Waals surface area contributed by atoms with Crippen molar-refractivity contribution in [3.63, 3.8) is 0 Å². The van der Waals surface area contributed by atoms with E-state index in [-0.39, 0.29) is 0 Å². The van der Waals surface area contributed by atoms with Crippen LogP contribution < -0.4 is 9.64 Å². The third kappa shape index (κ3) is 1.01. The van der Waals surface area contributed by atoms with Gasteiger partial charge < -0.3 is 9.64 Å². The molecule has 2 aliphatic heterocycles. The van der Waals surface area contributed by atoms with E-state index >= 15 is 0 Å². The minimum absolute atomic E-state index is 0.844. The van der Waals surface area contributed by atoms with Crippen molar-refractivity contribution in [3.05, 3.63) is 23.8 Å². The highest BCUT2D eigenvalue weighted by atomic mass is 16.5. The maximum atomic E-state index is 5.63. The third-order valence-corrected chi connectivity index (χ3v) is 2.89. The third-order valence-electron chi connectivity index (χ3n) is 2.89. The van der Waals surface area contributed by atoms with Gasteiger partial charge in [0.15, 0.2) is 0 Å². The summed E-state index contributed by atoms with van der Waals surface area (Å²) in [4.78, 5) is 2.46. The molecule has 68 valence electrons. The molecule has 1 aromatic carbocycles. The lowest BCUT2D eigenvalue weighted by Crippen LogP contribution is -2.36. The zero-order valence-electron chi connectivity index (χ0n) is 7.62. The fourth-order valence-electron chi connectivity index (χ4n) is 2.31. The minimum Gasteiger partial charge on any atom is -0.490 e. The Morgan fingerprint density at radius 1 is 1.23 bits per heavy atom. The number of ether oxygens (including phenoxy) is 1. The Morgan fingerprint density at radius 2 is 2.23 bits per heavy atom. The average molecular weight is 175 g/mol. The van der Waals surface area contributed by atoms with E-state index in [2.05, 4.69) is 23.1 Å². The summed E-state index contributed by atoms with van der Waals surface area (Å²) in [6.07, 6.45) is 2.50. The van der Waals surface area contributed by atoms with E-state index < -0.39 is 0 Å². The van der Waals surface area contributed by atoms with Gasteiger partial charge in [0.25, 0.3) is 0 Å². The maximum Gasteiger partial charge on any atom is 0.142 e. The van der Waals surface area contributed by atoms with E-state index in [1.54, 1.807) is 0 Å². The van der Waals surface area contributed by atoms with Crippen LogP contribution in [0.4, 0.5) is 5.69 Å². The Bertz CT molecular complexity index is 307. The first-order valence-corrected chi connectivity index (χ1v) is 4.95. The van der Waals surface area contributed by atoms with Gasteiger partial charge in [0.05, 0.1) is 12.2 Å². The van der Waals surface area contributed by atoms with Gasteiger partial charge in [0, 0.05) is 6.54 Å². The van der Waals surface area contributed by atoms with Crippen LogP contribution >= 0.6 is 0 Å². The highest BCUT2D eigenvalue weighted by Gasteiger charge is 2.23. The molecule has 0 fully saturated rings. The number of nitrogens with zero attached hydrogens (tertiary/aromatic N) is 1. The molecule has 0 bridgehead atoms. The van der Waals surface area contributed by atoms with E-state index in [1.165, 1.54) is 30.6 Å². The molecule has 1 aromatic rings. The zero-order valence-corrected chi connectivity index (χ0v) is 7.62. The van der Waals surface area contributed by atoms with E-state index in [0.29, 0.717) is 0 Å². The predicted octanol–water partition coefficient (Wildman–Crippen LogP) is 1.83. The van der Waals surface area contributed by atoms with Crippen molar-refractivity contribution < 1.29 is 4.74 Å². The number of rotatable bonds is 0. The summed E-state index contributed by atoms with van der Waals surface area (Å²) in [6.45, 7) is 3.10. The Kier molecular flexibility index (Phi) is 1.48. The van der Waals surface area contributed by atoms with Gasteiger partial charge >= 0.3 is 0 Å². The Labute approximate surface area is 78.1 Å². The Balaban J connectivity index is 2.18. The number of hydrogen-bond acceptors (Lipinski definition) is 2. The summed E-state index contributed by atoms with van der Waals surface area (Å²) >= 11 is 0. The molecule has 2 nitrogen and oxygen atoms in total. The molecule has 0 spiro atoms. The van der Waals surface area contributed by atoms with Crippen LogP contribution in [0.2, 0.25) is 0 Å². The summed E-state index contributed by atoms with van der Waals surface area (Å²) in [5.74, 6) is 1.09. The molecule has 0 saturated heterocycles. The Hall–Kier alpha value is -1.18. The van der Waals surface area contributed by atoms with Gasteiger partial charge in [-0.1, -0.05) is 12.1 Å². The number of anilines is 1. The monoisotopic (exact) mass is 175 g/mol. The number of aryl methyl sites for hydroxylation is 1. The first-order chi connectivity index (χ1) is 6.45. The normalized spacial score (nSPS) is 19.2. The molecule has 0 N–H and O–H groups in total. The Morgan fingerprint density at radius 3 is 3.23 bits per heavy atom. The van der Waals surface area contributed by atoms with E-state index in [1.807, 2.05) is 0 Å².